The van der Waals surface area contributed by atoms with Gasteiger partial charge in [0.1, 0.15) is 5.82 Å². The van der Waals surface area contributed by atoms with Gasteiger partial charge in [0, 0.05) is 11.4 Å². The summed E-state index contributed by atoms with van der Waals surface area (Å²) in [6.45, 7) is 0.107. The summed E-state index contributed by atoms with van der Waals surface area (Å²) in [7, 11) is 0. The molecule has 7 heteroatoms. The summed E-state index contributed by atoms with van der Waals surface area (Å²) in [4.78, 5) is 11.6. The Balaban J connectivity index is 1.69. The number of para-hydroxylation sites is 1. The molecule has 0 saturated carbocycles. The van der Waals surface area contributed by atoms with Crippen LogP contribution in [0.4, 0.5) is 15.8 Å². The molecule has 0 atom stereocenters. The topological polar surface area (TPSA) is 65.2 Å². The van der Waals surface area contributed by atoms with Gasteiger partial charge in [0.05, 0.1) is 6.54 Å². The number of anilines is 2. The minimum atomic E-state index is -0.329. The molecule has 1 amide bonds. The van der Waals surface area contributed by atoms with Gasteiger partial charge in [-0.05, 0) is 48.6 Å². The number of carbonyl (C=O) groups excluding carboxylic acids is 1. The number of hydrogen-bond acceptors (Lipinski definition) is 3. The summed E-state index contributed by atoms with van der Waals surface area (Å²) >= 11 is 5.01. The second kappa shape index (κ2) is 7.94. The maximum absolute atomic E-state index is 12.8. The third kappa shape index (κ3) is 5.37. The first kappa shape index (κ1) is 15.7. The molecule has 2 aromatic rings. The number of hydrazine groups is 1. The maximum Gasteiger partial charge on any atom is 0.257 e. The van der Waals surface area contributed by atoms with E-state index in [9.17, 15) is 9.18 Å². The Labute approximate surface area is 132 Å². The first-order valence-electron chi connectivity index (χ1n) is 6.54. The van der Waals surface area contributed by atoms with Crippen LogP contribution in [0.25, 0.3) is 0 Å². The lowest BCUT2D eigenvalue weighted by Gasteiger charge is -2.12. The van der Waals surface area contributed by atoms with E-state index in [1.165, 1.54) is 12.1 Å². The summed E-state index contributed by atoms with van der Waals surface area (Å²) < 4.78 is 12.8. The first-order valence-corrected chi connectivity index (χ1v) is 6.94. The predicted molar refractivity (Wildman–Crippen MR) is 88.8 cm³/mol. The molecule has 2 rings (SSSR count). The average Bonchev–Trinajstić information content (AvgIpc) is 2.54. The van der Waals surface area contributed by atoms with E-state index in [2.05, 4.69) is 21.5 Å². The molecule has 0 aliphatic carbocycles. The number of hydrogen-bond donors (Lipinski definition) is 4. The molecule has 0 aromatic heterocycles. The van der Waals surface area contributed by atoms with Gasteiger partial charge in [-0.3, -0.25) is 15.6 Å². The lowest BCUT2D eigenvalue weighted by Crippen LogP contribution is -2.45. The van der Waals surface area contributed by atoms with Gasteiger partial charge in [-0.2, -0.15) is 0 Å². The van der Waals surface area contributed by atoms with E-state index < -0.39 is 0 Å². The molecular weight excluding hydrogens is 303 g/mol. The summed E-state index contributed by atoms with van der Waals surface area (Å²) in [5.74, 6) is -0.600. The molecule has 0 bridgehead atoms. The SMILES string of the molecule is O=C(CNc1ccccc1)NNC(=S)Nc1ccc(F)cc1. The summed E-state index contributed by atoms with van der Waals surface area (Å²) in [5.41, 5.74) is 6.50. The van der Waals surface area contributed by atoms with E-state index in [0.717, 1.165) is 5.69 Å². The molecule has 0 fully saturated rings. The van der Waals surface area contributed by atoms with Crippen LogP contribution < -0.4 is 21.5 Å². The largest absolute Gasteiger partial charge is 0.376 e. The smallest absolute Gasteiger partial charge is 0.257 e. The number of thiocarbonyl (C=S) groups is 1. The van der Waals surface area contributed by atoms with Gasteiger partial charge >= 0.3 is 0 Å². The highest BCUT2D eigenvalue weighted by Gasteiger charge is 2.02. The van der Waals surface area contributed by atoms with Crippen molar-refractivity contribution in [1.82, 2.24) is 10.9 Å². The zero-order valence-corrected chi connectivity index (χ0v) is 12.4. The molecule has 5 nitrogen and oxygen atoms in total. The zero-order valence-electron chi connectivity index (χ0n) is 11.6. The molecule has 2 aromatic carbocycles. The van der Waals surface area contributed by atoms with Crippen molar-refractivity contribution in [3.63, 3.8) is 0 Å². The highest BCUT2D eigenvalue weighted by molar-refractivity contribution is 7.80. The fourth-order valence-electron chi connectivity index (χ4n) is 1.60. The molecule has 22 heavy (non-hydrogen) atoms. The van der Waals surface area contributed by atoms with Crippen molar-refractivity contribution in [3.05, 3.63) is 60.4 Å². The van der Waals surface area contributed by atoms with E-state index in [4.69, 9.17) is 12.2 Å². The van der Waals surface area contributed by atoms with Gasteiger partial charge in [0.25, 0.3) is 5.91 Å². The van der Waals surface area contributed by atoms with Crippen molar-refractivity contribution in [2.45, 2.75) is 0 Å². The number of amides is 1. The number of nitrogens with one attached hydrogen (secondary N) is 4. The molecular formula is C15H15FN4OS. The third-order valence-corrected chi connectivity index (χ3v) is 2.85. The van der Waals surface area contributed by atoms with Crippen LogP contribution in [0.3, 0.4) is 0 Å². The minimum Gasteiger partial charge on any atom is -0.376 e. The number of rotatable bonds is 4. The molecule has 0 spiro atoms. The van der Waals surface area contributed by atoms with Crippen molar-refractivity contribution in [2.75, 3.05) is 17.2 Å². The van der Waals surface area contributed by atoms with Crippen LogP contribution in [-0.2, 0) is 4.79 Å². The third-order valence-electron chi connectivity index (χ3n) is 2.64. The van der Waals surface area contributed by atoms with Crippen molar-refractivity contribution in [3.8, 4) is 0 Å². The van der Waals surface area contributed by atoms with E-state index >= 15 is 0 Å². The quantitative estimate of drug-likeness (QED) is 0.514. The first-order chi connectivity index (χ1) is 10.6. The van der Waals surface area contributed by atoms with Gasteiger partial charge < -0.3 is 10.6 Å². The predicted octanol–water partition coefficient (Wildman–Crippen LogP) is 2.26. The van der Waals surface area contributed by atoms with Crippen LogP contribution in [-0.4, -0.2) is 17.6 Å². The maximum atomic E-state index is 12.8. The van der Waals surface area contributed by atoms with E-state index in [1.54, 1.807) is 12.1 Å². The molecule has 114 valence electrons. The molecule has 0 saturated heterocycles. The van der Waals surface area contributed by atoms with E-state index in [1.807, 2.05) is 30.3 Å². The highest BCUT2D eigenvalue weighted by Crippen LogP contribution is 2.07. The summed E-state index contributed by atoms with van der Waals surface area (Å²) in [5, 5.41) is 5.99. The average molecular weight is 318 g/mol. The Morgan fingerprint density at radius 3 is 2.32 bits per heavy atom. The summed E-state index contributed by atoms with van der Waals surface area (Å²) in [6.07, 6.45) is 0. The van der Waals surface area contributed by atoms with E-state index in [0.29, 0.717) is 5.69 Å². The molecule has 0 aliphatic rings. The van der Waals surface area contributed by atoms with Crippen LogP contribution in [0.1, 0.15) is 0 Å². The van der Waals surface area contributed by atoms with Crippen LogP contribution in [0.2, 0.25) is 0 Å². The summed E-state index contributed by atoms with van der Waals surface area (Å²) in [6, 6.07) is 15.1. The van der Waals surface area contributed by atoms with Crippen LogP contribution in [0.15, 0.2) is 54.6 Å². The van der Waals surface area contributed by atoms with Crippen LogP contribution in [0.5, 0.6) is 0 Å². The molecule has 4 N–H and O–H groups in total. The Morgan fingerprint density at radius 2 is 1.64 bits per heavy atom. The second-order valence-corrected chi connectivity index (χ2v) is 4.76. The van der Waals surface area contributed by atoms with Gasteiger partial charge in [0.2, 0.25) is 0 Å². The van der Waals surface area contributed by atoms with Gasteiger partial charge in [-0.15, -0.1) is 0 Å². The van der Waals surface area contributed by atoms with Crippen LogP contribution in [0, 0.1) is 5.82 Å². The Bertz CT molecular complexity index is 634. The number of halogens is 1. The Kier molecular flexibility index (Phi) is 5.67. The lowest BCUT2D eigenvalue weighted by atomic mass is 10.3. The van der Waals surface area contributed by atoms with Gasteiger partial charge in [-0.25, -0.2) is 4.39 Å². The van der Waals surface area contributed by atoms with Crippen molar-refractivity contribution >= 4 is 34.6 Å². The molecule has 0 heterocycles. The highest BCUT2D eigenvalue weighted by atomic mass is 32.1. The van der Waals surface area contributed by atoms with Crippen molar-refractivity contribution in [2.24, 2.45) is 0 Å². The second-order valence-electron chi connectivity index (χ2n) is 4.35. The van der Waals surface area contributed by atoms with Gasteiger partial charge in [0.15, 0.2) is 5.11 Å². The standard InChI is InChI=1S/C15H15FN4OS/c16-11-6-8-13(9-7-11)18-15(22)20-19-14(21)10-17-12-4-2-1-3-5-12/h1-9,17H,10H2,(H,19,21)(H2,18,20,22). The molecule has 0 aliphatic heterocycles. The fourth-order valence-corrected chi connectivity index (χ4v) is 1.77. The normalized spacial score (nSPS) is 9.68. The van der Waals surface area contributed by atoms with Crippen molar-refractivity contribution in [1.29, 1.82) is 0 Å². The lowest BCUT2D eigenvalue weighted by molar-refractivity contribution is -0.119. The zero-order chi connectivity index (χ0) is 15.8. The molecule has 0 unspecified atom stereocenters. The molecule has 0 radical (unpaired) electrons. The van der Waals surface area contributed by atoms with Crippen LogP contribution >= 0.6 is 12.2 Å². The Morgan fingerprint density at radius 1 is 0.955 bits per heavy atom. The number of carbonyl (C=O) groups is 1. The monoisotopic (exact) mass is 318 g/mol. The van der Waals surface area contributed by atoms with Crippen molar-refractivity contribution < 1.29 is 9.18 Å². The van der Waals surface area contributed by atoms with Gasteiger partial charge in [-0.1, -0.05) is 18.2 Å². The van der Waals surface area contributed by atoms with E-state index in [-0.39, 0.29) is 23.4 Å². The fraction of sp³-hybridized carbons (Fsp3) is 0.0667. The minimum absolute atomic E-state index is 0.107. The Hall–Kier alpha value is -2.67. The number of benzene rings is 2.